The van der Waals surface area contributed by atoms with Crippen LogP contribution in [-0.4, -0.2) is 49.3 Å². The van der Waals surface area contributed by atoms with Crippen LogP contribution < -0.4 is 16.8 Å². The van der Waals surface area contributed by atoms with Gasteiger partial charge in [0.1, 0.15) is 0 Å². The van der Waals surface area contributed by atoms with Gasteiger partial charge in [-0.05, 0) is 37.6 Å². The van der Waals surface area contributed by atoms with Crippen LogP contribution in [0.3, 0.4) is 0 Å². The highest BCUT2D eigenvalue weighted by molar-refractivity contribution is 8.00. The molecule has 156 valence electrons. The molecule has 0 heterocycles. The molecule has 0 bridgehead atoms. The minimum absolute atomic E-state index is 0.211. The fourth-order valence-electron chi connectivity index (χ4n) is 2.61. The van der Waals surface area contributed by atoms with Crippen molar-refractivity contribution in [1.29, 1.82) is 0 Å². The summed E-state index contributed by atoms with van der Waals surface area (Å²) in [7, 11) is 0. The first kappa shape index (κ1) is 25.7. The quantitative estimate of drug-likeness (QED) is 0.313. The minimum Gasteiger partial charge on any atom is -0.380 e. The molecule has 0 aromatic carbocycles. The number of carbonyl (C=O) groups is 1. The van der Waals surface area contributed by atoms with Crippen LogP contribution >= 0.6 is 11.8 Å². The van der Waals surface area contributed by atoms with E-state index in [1.165, 1.54) is 12.8 Å². The zero-order valence-electron chi connectivity index (χ0n) is 17.5. The van der Waals surface area contributed by atoms with Gasteiger partial charge in [0.2, 0.25) is 5.91 Å². The summed E-state index contributed by atoms with van der Waals surface area (Å²) in [6, 6.07) is 0. The Morgan fingerprint density at radius 2 is 1.85 bits per heavy atom. The molecule has 6 heteroatoms. The lowest BCUT2D eigenvalue weighted by Gasteiger charge is -2.28. The molecule has 0 aromatic rings. The van der Waals surface area contributed by atoms with Crippen LogP contribution in [0, 0.1) is 11.8 Å². The summed E-state index contributed by atoms with van der Waals surface area (Å²) < 4.78 is 5.78. The molecule has 0 rings (SSSR count). The van der Waals surface area contributed by atoms with E-state index in [0.29, 0.717) is 42.8 Å². The second-order valence-electron chi connectivity index (χ2n) is 7.93. The van der Waals surface area contributed by atoms with E-state index in [9.17, 15) is 4.79 Å². The molecule has 5 N–H and O–H groups in total. The third-order valence-corrected chi connectivity index (χ3v) is 6.66. The van der Waals surface area contributed by atoms with Gasteiger partial charge in [0.25, 0.3) is 0 Å². The summed E-state index contributed by atoms with van der Waals surface area (Å²) in [4.78, 5) is 11.2. The zero-order chi connectivity index (χ0) is 19.8. The largest absolute Gasteiger partial charge is 0.380 e. The monoisotopic (exact) mass is 389 g/mol. The first-order valence-corrected chi connectivity index (χ1v) is 11.2. The normalized spacial score (nSPS) is 13.3. The number of hydrogen-bond acceptors (Lipinski definition) is 5. The molecule has 1 amide bonds. The molecule has 0 aliphatic heterocycles. The van der Waals surface area contributed by atoms with E-state index in [-0.39, 0.29) is 5.91 Å². The predicted molar refractivity (Wildman–Crippen MR) is 115 cm³/mol. The van der Waals surface area contributed by atoms with Gasteiger partial charge in [-0.15, -0.1) is 0 Å². The Morgan fingerprint density at radius 3 is 2.46 bits per heavy atom. The average Bonchev–Trinajstić information content (AvgIpc) is 2.56. The Hall–Kier alpha value is -0.300. The van der Waals surface area contributed by atoms with Gasteiger partial charge >= 0.3 is 0 Å². The molecule has 0 aromatic heterocycles. The van der Waals surface area contributed by atoms with Crippen LogP contribution in [0.25, 0.3) is 0 Å². The number of nitrogens with one attached hydrogen (secondary N) is 1. The van der Waals surface area contributed by atoms with E-state index in [0.717, 1.165) is 38.1 Å². The van der Waals surface area contributed by atoms with Gasteiger partial charge in [0.15, 0.2) is 0 Å². The van der Waals surface area contributed by atoms with E-state index in [4.69, 9.17) is 16.2 Å². The molecule has 0 saturated heterocycles. The molecule has 0 aliphatic carbocycles. The summed E-state index contributed by atoms with van der Waals surface area (Å²) >= 11 is 2.05. The van der Waals surface area contributed by atoms with E-state index in [2.05, 4.69) is 33.0 Å². The fourth-order valence-corrected chi connectivity index (χ4v) is 3.71. The highest BCUT2D eigenvalue weighted by Crippen LogP contribution is 2.31. The molecule has 1 atom stereocenters. The molecule has 0 spiro atoms. The number of carbonyl (C=O) groups excluding carboxylic acids is 1. The SMILES string of the molecule is CC(C)C(C)(C)SCCNCCCCCC(CCOCCN)CC(N)=O. The van der Waals surface area contributed by atoms with Crippen molar-refractivity contribution >= 4 is 17.7 Å². The van der Waals surface area contributed by atoms with Crippen LogP contribution in [-0.2, 0) is 9.53 Å². The van der Waals surface area contributed by atoms with Crippen molar-refractivity contribution in [2.75, 3.05) is 38.6 Å². The van der Waals surface area contributed by atoms with Crippen molar-refractivity contribution < 1.29 is 9.53 Å². The lowest BCUT2D eigenvalue weighted by atomic mass is 9.94. The van der Waals surface area contributed by atoms with Crippen molar-refractivity contribution in [3.63, 3.8) is 0 Å². The van der Waals surface area contributed by atoms with Gasteiger partial charge in [0, 0.05) is 36.6 Å². The smallest absolute Gasteiger partial charge is 0.217 e. The molecule has 0 saturated carbocycles. The number of rotatable bonds is 18. The van der Waals surface area contributed by atoms with Gasteiger partial charge in [-0.2, -0.15) is 11.8 Å². The highest BCUT2D eigenvalue weighted by atomic mass is 32.2. The van der Waals surface area contributed by atoms with Crippen LogP contribution in [0.15, 0.2) is 0 Å². The molecule has 1 unspecified atom stereocenters. The molecular weight excluding hydrogens is 346 g/mol. The summed E-state index contributed by atoms with van der Waals surface area (Å²) in [6.07, 6.45) is 5.93. The van der Waals surface area contributed by atoms with Gasteiger partial charge < -0.3 is 21.5 Å². The molecule has 0 fully saturated rings. The van der Waals surface area contributed by atoms with Crippen molar-refractivity contribution in [3.8, 4) is 0 Å². The van der Waals surface area contributed by atoms with Gasteiger partial charge in [0.05, 0.1) is 6.61 Å². The Morgan fingerprint density at radius 1 is 1.12 bits per heavy atom. The highest BCUT2D eigenvalue weighted by Gasteiger charge is 2.21. The van der Waals surface area contributed by atoms with Gasteiger partial charge in [-0.3, -0.25) is 4.79 Å². The van der Waals surface area contributed by atoms with Gasteiger partial charge in [-0.25, -0.2) is 0 Å². The maximum atomic E-state index is 11.2. The number of unbranched alkanes of at least 4 members (excludes halogenated alkanes) is 2. The van der Waals surface area contributed by atoms with Crippen molar-refractivity contribution in [2.45, 2.75) is 71.0 Å². The first-order valence-electron chi connectivity index (χ1n) is 10.2. The molecule has 5 nitrogen and oxygen atoms in total. The first-order chi connectivity index (χ1) is 12.3. The third-order valence-electron chi connectivity index (χ3n) is 5.03. The average molecular weight is 390 g/mol. The Bertz CT molecular complexity index is 352. The summed E-state index contributed by atoms with van der Waals surface area (Å²) in [5, 5.41) is 3.54. The van der Waals surface area contributed by atoms with E-state index >= 15 is 0 Å². The fraction of sp³-hybridized carbons (Fsp3) is 0.950. The molecule has 0 aliphatic rings. The van der Waals surface area contributed by atoms with Gasteiger partial charge in [-0.1, -0.05) is 40.5 Å². The maximum Gasteiger partial charge on any atom is 0.217 e. The number of amides is 1. The standard InChI is InChI=1S/C20H43N3O2S/c1-17(2)20(3,4)26-15-12-23-11-7-5-6-8-18(16-19(22)24)9-13-25-14-10-21/h17-18,23H,5-16,21H2,1-4H3,(H2,22,24). The third kappa shape index (κ3) is 14.8. The van der Waals surface area contributed by atoms with Crippen LogP contribution in [0.2, 0.25) is 0 Å². The summed E-state index contributed by atoms with van der Waals surface area (Å²) in [6.45, 7) is 13.2. The molecule has 26 heavy (non-hydrogen) atoms. The lowest BCUT2D eigenvalue weighted by Crippen LogP contribution is -2.26. The second kappa shape index (κ2) is 15.7. The number of nitrogens with two attached hydrogens (primary N) is 2. The Balaban J connectivity index is 3.66. The van der Waals surface area contributed by atoms with E-state index in [1.807, 2.05) is 11.8 Å². The van der Waals surface area contributed by atoms with Crippen LogP contribution in [0.1, 0.15) is 66.2 Å². The zero-order valence-corrected chi connectivity index (χ0v) is 18.3. The summed E-state index contributed by atoms with van der Waals surface area (Å²) in [5.41, 5.74) is 10.8. The van der Waals surface area contributed by atoms with E-state index < -0.39 is 0 Å². The predicted octanol–water partition coefficient (Wildman–Crippen LogP) is 3.16. The lowest BCUT2D eigenvalue weighted by molar-refractivity contribution is -0.119. The number of ether oxygens (including phenoxy) is 1. The van der Waals surface area contributed by atoms with Crippen LogP contribution in [0.5, 0.6) is 0 Å². The van der Waals surface area contributed by atoms with Crippen molar-refractivity contribution in [2.24, 2.45) is 23.3 Å². The Kier molecular flexibility index (Phi) is 15.5. The number of primary amides is 1. The number of hydrogen-bond donors (Lipinski definition) is 3. The van der Waals surface area contributed by atoms with Crippen molar-refractivity contribution in [1.82, 2.24) is 5.32 Å². The minimum atomic E-state index is -0.211. The van der Waals surface area contributed by atoms with Crippen molar-refractivity contribution in [3.05, 3.63) is 0 Å². The maximum absolute atomic E-state index is 11.2. The topological polar surface area (TPSA) is 90.4 Å². The second-order valence-corrected chi connectivity index (χ2v) is 9.68. The number of thioether (sulfide) groups is 1. The molecular formula is C20H43N3O2S. The molecule has 0 radical (unpaired) electrons. The van der Waals surface area contributed by atoms with Crippen LogP contribution in [0.4, 0.5) is 0 Å². The summed E-state index contributed by atoms with van der Waals surface area (Å²) in [5.74, 6) is 1.99. The van der Waals surface area contributed by atoms with E-state index in [1.54, 1.807) is 0 Å². The Labute approximate surface area is 165 Å².